The molecule has 126 valence electrons. The van der Waals surface area contributed by atoms with E-state index in [1.54, 1.807) is 30.3 Å². The van der Waals surface area contributed by atoms with Crippen molar-refractivity contribution in [2.75, 3.05) is 11.1 Å². The smallest absolute Gasteiger partial charge is 0.267 e. The molecule has 0 atom stereocenters. The van der Waals surface area contributed by atoms with Crippen molar-refractivity contribution in [3.05, 3.63) is 69.8 Å². The number of nitriles is 1. The Morgan fingerprint density at radius 3 is 2.56 bits per heavy atom. The fourth-order valence-electron chi connectivity index (χ4n) is 1.85. The molecule has 0 aromatic heterocycles. The van der Waals surface area contributed by atoms with E-state index < -0.39 is 11.8 Å². The van der Waals surface area contributed by atoms with Gasteiger partial charge in [0.15, 0.2) is 0 Å². The molecule has 0 bridgehead atoms. The highest BCUT2D eigenvalue weighted by atomic mass is 35.5. The van der Waals surface area contributed by atoms with Crippen LogP contribution in [0.15, 0.2) is 54.2 Å². The van der Waals surface area contributed by atoms with Gasteiger partial charge in [-0.1, -0.05) is 35.3 Å². The number of carbonyl (C=O) groups excluding carboxylic acids is 2. The second-order valence-electron chi connectivity index (χ2n) is 4.81. The first-order chi connectivity index (χ1) is 11.9. The Labute approximate surface area is 153 Å². The van der Waals surface area contributed by atoms with Crippen LogP contribution in [0.3, 0.4) is 0 Å². The third-order valence-electron chi connectivity index (χ3n) is 3.09. The van der Waals surface area contributed by atoms with E-state index >= 15 is 0 Å². The molecule has 2 aromatic carbocycles. The van der Waals surface area contributed by atoms with Gasteiger partial charge in [0.2, 0.25) is 0 Å². The molecule has 0 heterocycles. The minimum Gasteiger partial charge on any atom is -0.398 e. The molecule has 0 aliphatic rings. The molecule has 2 amide bonds. The average Bonchev–Trinajstić information content (AvgIpc) is 2.59. The zero-order valence-electron chi connectivity index (χ0n) is 12.7. The Balaban J connectivity index is 2.13. The number of hydrogen-bond donors (Lipinski definition) is 3. The van der Waals surface area contributed by atoms with Crippen molar-refractivity contribution in [1.82, 2.24) is 5.32 Å². The molecule has 0 saturated heterocycles. The van der Waals surface area contributed by atoms with Gasteiger partial charge < -0.3 is 16.4 Å². The van der Waals surface area contributed by atoms with E-state index in [1.807, 2.05) is 0 Å². The summed E-state index contributed by atoms with van der Waals surface area (Å²) in [5.74, 6) is -1.28. The number of rotatable bonds is 4. The molecule has 4 N–H and O–H groups in total. The number of anilines is 2. The number of benzene rings is 2. The van der Waals surface area contributed by atoms with Gasteiger partial charge in [0, 0.05) is 16.9 Å². The maximum atomic E-state index is 12.1. The monoisotopic (exact) mass is 374 g/mol. The van der Waals surface area contributed by atoms with Crippen molar-refractivity contribution in [2.24, 2.45) is 0 Å². The minimum atomic E-state index is -0.743. The maximum absolute atomic E-state index is 12.1. The molecule has 0 unspecified atom stereocenters. The molecule has 0 spiro atoms. The SMILES string of the molecule is N#C/C(=C/NC(=O)c1ccccc1N)C(=O)Nc1cc(Cl)ccc1Cl. The predicted octanol–water partition coefficient (Wildman–Crippen LogP) is 3.35. The van der Waals surface area contributed by atoms with Crippen molar-refractivity contribution in [3.63, 3.8) is 0 Å². The summed E-state index contributed by atoms with van der Waals surface area (Å²) in [5.41, 5.74) is 6.14. The molecule has 6 nitrogen and oxygen atoms in total. The molecule has 8 heteroatoms. The zero-order chi connectivity index (χ0) is 18.4. The van der Waals surface area contributed by atoms with E-state index in [2.05, 4.69) is 10.6 Å². The molecular formula is C17H12Cl2N4O2. The van der Waals surface area contributed by atoms with Crippen LogP contribution in [-0.4, -0.2) is 11.8 Å². The van der Waals surface area contributed by atoms with Gasteiger partial charge in [-0.05, 0) is 30.3 Å². The van der Waals surface area contributed by atoms with Crippen LogP contribution in [0, 0.1) is 11.3 Å². The lowest BCUT2D eigenvalue weighted by Gasteiger charge is -2.07. The average molecular weight is 375 g/mol. The number of nitrogen functional groups attached to an aromatic ring is 1. The Kier molecular flexibility index (Phi) is 6.01. The van der Waals surface area contributed by atoms with Gasteiger partial charge in [0.05, 0.1) is 16.3 Å². The summed E-state index contributed by atoms with van der Waals surface area (Å²) < 4.78 is 0. The summed E-state index contributed by atoms with van der Waals surface area (Å²) in [7, 11) is 0. The van der Waals surface area contributed by atoms with Crippen LogP contribution in [0.2, 0.25) is 10.0 Å². The number of nitrogens with one attached hydrogen (secondary N) is 2. The van der Waals surface area contributed by atoms with Crippen molar-refractivity contribution < 1.29 is 9.59 Å². The predicted molar refractivity (Wildman–Crippen MR) is 97.1 cm³/mol. The Hall–Kier alpha value is -3.01. The highest BCUT2D eigenvalue weighted by molar-refractivity contribution is 6.36. The topological polar surface area (TPSA) is 108 Å². The minimum absolute atomic E-state index is 0.231. The zero-order valence-corrected chi connectivity index (χ0v) is 14.2. The van der Waals surface area contributed by atoms with Crippen LogP contribution in [-0.2, 0) is 4.79 Å². The number of carbonyl (C=O) groups is 2. The Morgan fingerprint density at radius 1 is 1.16 bits per heavy atom. The van der Waals surface area contributed by atoms with Crippen LogP contribution in [0.25, 0.3) is 0 Å². The number of amides is 2. The van der Waals surface area contributed by atoms with E-state index in [0.717, 1.165) is 6.20 Å². The van der Waals surface area contributed by atoms with Crippen molar-refractivity contribution in [3.8, 4) is 6.07 Å². The van der Waals surface area contributed by atoms with Gasteiger partial charge in [-0.15, -0.1) is 0 Å². The highest BCUT2D eigenvalue weighted by Crippen LogP contribution is 2.25. The Morgan fingerprint density at radius 2 is 1.88 bits per heavy atom. The third kappa shape index (κ3) is 4.73. The fraction of sp³-hybridized carbons (Fsp3) is 0. The first-order valence-corrected chi connectivity index (χ1v) is 7.70. The molecule has 2 rings (SSSR count). The molecule has 0 fully saturated rings. The van der Waals surface area contributed by atoms with Gasteiger partial charge >= 0.3 is 0 Å². The first kappa shape index (κ1) is 18.3. The van der Waals surface area contributed by atoms with E-state index in [-0.39, 0.29) is 27.5 Å². The van der Waals surface area contributed by atoms with E-state index in [1.165, 1.54) is 18.2 Å². The van der Waals surface area contributed by atoms with Gasteiger partial charge in [-0.25, -0.2) is 0 Å². The summed E-state index contributed by atoms with van der Waals surface area (Å²) >= 11 is 11.8. The largest absolute Gasteiger partial charge is 0.398 e. The van der Waals surface area contributed by atoms with E-state index in [4.69, 9.17) is 34.2 Å². The second kappa shape index (κ2) is 8.20. The normalized spacial score (nSPS) is 10.7. The number of hydrogen-bond acceptors (Lipinski definition) is 4. The lowest BCUT2D eigenvalue weighted by Crippen LogP contribution is -2.22. The lowest BCUT2D eigenvalue weighted by molar-refractivity contribution is -0.112. The van der Waals surface area contributed by atoms with Crippen LogP contribution in [0.5, 0.6) is 0 Å². The molecular weight excluding hydrogens is 363 g/mol. The fourth-order valence-corrected chi connectivity index (χ4v) is 2.19. The molecule has 0 saturated carbocycles. The Bertz CT molecular complexity index is 904. The summed E-state index contributed by atoms with van der Waals surface area (Å²) in [5, 5.41) is 14.6. The second-order valence-corrected chi connectivity index (χ2v) is 5.65. The molecule has 25 heavy (non-hydrogen) atoms. The number of nitrogens with zero attached hydrogens (tertiary/aromatic N) is 1. The van der Waals surface area contributed by atoms with Gasteiger partial charge in [-0.2, -0.15) is 5.26 Å². The molecule has 0 aliphatic heterocycles. The highest BCUT2D eigenvalue weighted by Gasteiger charge is 2.13. The number of halogens is 2. The van der Waals surface area contributed by atoms with Gasteiger partial charge in [-0.3, -0.25) is 9.59 Å². The van der Waals surface area contributed by atoms with Crippen molar-refractivity contribution in [2.45, 2.75) is 0 Å². The van der Waals surface area contributed by atoms with Gasteiger partial charge in [0.25, 0.3) is 11.8 Å². The number of para-hydroxylation sites is 1. The van der Waals surface area contributed by atoms with Crippen LogP contribution in [0.4, 0.5) is 11.4 Å². The summed E-state index contributed by atoms with van der Waals surface area (Å²) in [4.78, 5) is 24.2. The molecule has 0 radical (unpaired) electrons. The summed E-state index contributed by atoms with van der Waals surface area (Å²) in [6.07, 6.45) is 1.00. The third-order valence-corrected chi connectivity index (χ3v) is 3.66. The number of nitrogens with two attached hydrogens (primary N) is 1. The van der Waals surface area contributed by atoms with Crippen molar-refractivity contribution in [1.29, 1.82) is 5.26 Å². The van der Waals surface area contributed by atoms with Crippen LogP contribution < -0.4 is 16.4 Å². The maximum Gasteiger partial charge on any atom is 0.267 e. The van der Waals surface area contributed by atoms with Gasteiger partial charge in [0.1, 0.15) is 11.6 Å². The van der Waals surface area contributed by atoms with E-state index in [0.29, 0.717) is 5.02 Å². The molecule has 0 aliphatic carbocycles. The lowest BCUT2D eigenvalue weighted by atomic mass is 10.1. The quantitative estimate of drug-likeness (QED) is 0.433. The summed E-state index contributed by atoms with van der Waals surface area (Å²) in [6.45, 7) is 0. The molecule has 2 aromatic rings. The summed E-state index contributed by atoms with van der Waals surface area (Å²) in [6, 6.07) is 12.6. The van der Waals surface area contributed by atoms with E-state index in [9.17, 15) is 9.59 Å². The van der Waals surface area contributed by atoms with Crippen molar-refractivity contribution >= 4 is 46.4 Å². The first-order valence-electron chi connectivity index (χ1n) is 6.94. The van der Waals surface area contributed by atoms with Crippen LogP contribution in [0.1, 0.15) is 10.4 Å². The van der Waals surface area contributed by atoms with Crippen LogP contribution >= 0.6 is 23.2 Å². The standard InChI is InChI=1S/C17H12Cl2N4O2/c18-11-5-6-13(19)15(7-11)23-16(24)10(8-20)9-22-17(25)12-3-1-2-4-14(12)21/h1-7,9H,21H2,(H,22,25)(H,23,24)/b10-9-.